The van der Waals surface area contributed by atoms with Crippen molar-refractivity contribution in [2.24, 2.45) is 0 Å². The first kappa shape index (κ1) is 8.71. The standard InChI is InChI=1S/C7H7O.W/c1-8-7-5-3-2-4-6-7;/h2-6H,1H2;/q-1;. The molecule has 0 saturated carbocycles. The number of rotatable bonds is 1. The van der Waals surface area contributed by atoms with Gasteiger partial charge in [-0.1, -0.05) is 18.2 Å². The Balaban J connectivity index is 0.000000640. The molecule has 0 bridgehead atoms. The SMILES string of the molecule is [CH2-]Oc1ccccc1.[W]. The summed E-state index contributed by atoms with van der Waals surface area (Å²) < 4.78 is 4.66. The van der Waals surface area contributed by atoms with Gasteiger partial charge < -0.3 is 4.74 Å². The van der Waals surface area contributed by atoms with Gasteiger partial charge in [0.05, 0.1) is 5.75 Å². The number of hydrogen-bond acceptors (Lipinski definition) is 1. The molecular formula is C7H7OW-. The Kier molecular flexibility index (Phi) is 4.43. The second kappa shape index (κ2) is 4.57. The van der Waals surface area contributed by atoms with Gasteiger partial charge in [0.25, 0.3) is 0 Å². The molecule has 1 aromatic rings. The van der Waals surface area contributed by atoms with E-state index in [0.29, 0.717) is 0 Å². The zero-order valence-corrected chi connectivity index (χ0v) is 7.84. The molecule has 1 rings (SSSR count). The van der Waals surface area contributed by atoms with Crippen LogP contribution in [-0.4, -0.2) is 0 Å². The van der Waals surface area contributed by atoms with Crippen molar-refractivity contribution in [3.05, 3.63) is 37.4 Å². The van der Waals surface area contributed by atoms with Crippen LogP contribution in [0.2, 0.25) is 0 Å². The summed E-state index contributed by atoms with van der Waals surface area (Å²) in [5.41, 5.74) is 0. The fourth-order valence-electron chi connectivity index (χ4n) is 0.517. The first-order valence-electron chi connectivity index (χ1n) is 2.40. The van der Waals surface area contributed by atoms with Gasteiger partial charge in [0.2, 0.25) is 0 Å². The Labute approximate surface area is 69.3 Å². The van der Waals surface area contributed by atoms with Crippen molar-refractivity contribution >= 4 is 0 Å². The van der Waals surface area contributed by atoms with Crippen molar-refractivity contribution < 1.29 is 25.8 Å². The quantitative estimate of drug-likeness (QED) is 0.718. The molecule has 0 unspecified atom stereocenters. The third kappa shape index (κ3) is 2.66. The van der Waals surface area contributed by atoms with E-state index < -0.39 is 0 Å². The van der Waals surface area contributed by atoms with Gasteiger partial charge in [-0.25, -0.2) is 0 Å². The molecule has 0 N–H and O–H groups in total. The van der Waals surface area contributed by atoms with E-state index in [-0.39, 0.29) is 21.1 Å². The normalized spacial score (nSPS) is 7.67. The Hall–Kier alpha value is -0.292. The summed E-state index contributed by atoms with van der Waals surface area (Å²) in [6, 6.07) is 9.45. The zero-order valence-electron chi connectivity index (χ0n) is 4.91. The molecule has 0 atom stereocenters. The van der Waals surface area contributed by atoms with Crippen LogP contribution in [0.15, 0.2) is 30.3 Å². The summed E-state index contributed by atoms with van der Waals surface area (Å²) >= 11 is 0. The van der Waals surface area contributed by atoms with Crippen molar-refractivity contribution in [2.45, 2.75) is 0 Å². The number of hydrogen-bond donors (Lipinski definition) is 0. The van der Waals surface area contributed by atoms with Gasteiger partial charge in [0.15, 0.2) is 0 Å². The third-order valence-electron chi connectivity index (χ3n) is 0.910. The predicted molar refractivity (Wildman–Crippen MR) is 32.4 cm³/mol. The summed E-state index contributed by atoms with van der Waals surface area (Å²) in [5.74, 6) is 0.799. The van der Waals surface area contributed by atoms with Crippen molar-refractivity contribution in [2.75, 3.05) is 0 Å². The Morgan fingerprint density at radius 1 is 1.11 bits per heavy atom. The first-order valence-corrected chi connectivity index (χ1v) is 2.40. The topological polar surface area (TPSA) is 9.23 Å². The van der Waals surface area contributed by atoms with E-state index in [1.165, 1.54) is 0 Å². The van der Waals surface area contributed by atoms with Crippen molar-refractivity contribution in [3.8, 4) is 5.75 Å². The molecule has 0 amide bonds. The molecule has 0 radical (unpaired) electrons. The van der Waals surface area contributed by atoms with E-state index in [4.69, 9.17) is 0 Å². The fourth-order valence-corrected chi connectivity index (χ4v) is 0.517. The van der Waals surface area contributed by atoms with Gasteiger partial charge in [0.1, 0.15) is 0 Å². The Morgan fingerprint density at radius 2 is 1.67 bits per heavy atom. The fraction of sp³-hybridized carbons (Fsp3) is 0. The number of benzene rings is 1. The summed E-state index contributed by atoms with van der Waals surface area (Å²) in [7, 11) is 3.26. The van der Waals surface area contributed by atoms with Gasteiger partial charge in [-0.15, -0.1) is 0 Å². The van der Waals surface area contributed by atoms with Crippen LogP contribution >= 0.6 is 0 Å². The maximum atomic E-state index is 4.66. The molecule has 0 fully saturated rings. The van der Waals surface area contributed by atoms with E-state index in [0.717, 1.165) is 5.75 Å². The van der Waals surface area contributed by atoms with E-state index >= 15 is 0 Å². The predicted octanol–water partition coefficient (Wildman–Crippen LogP) is 1.85. The zero-order chi connectivity index (χ0) is 5.82. The second-order valence-electron chi connectivity index (χ2n) is 1.46. The van der Waals surface area contributed by atoms with Crippen LogP contribution in [0.4, 0.5) is 0 Å². The van der Waals surface area contributed by atoms with Gasteiger partial charge in [-0.2, -0.15) is 7.11 Å². The van der Waals surface area contributed by atoms with Crippen LogP contribution in [0.1, 0.15) is 0 Å². The molecule has 0 aromatic heterocycles. The molecule has 0 saturated heterocycles. The Bertz CT molecular complexity index is 150. The second-order valence-corrected chi connectivity index (χ2v) is 1.46. The van der Waals surface area contributed by atoms with Crippen molar-refractivity contribution in [1.29, 1.82) is 0 Å². The molecule has 9 heavy (non-hydrogen) atoms. The summed E-state index contributed by atoms with van der Waals surface area (Å²) in [5, 5.41) is 0. The van der Waals surface area contributed by atoms with Crippen LogP contribution < -0.4 is 4.74 Å². The molecule has 1 aromatic carbocycles. The molecular weight excluding hydrogens is 284 g/mol. The van der Waals surface area contributed by atoms with Crippen LogP contribution in [-0.2, 0) is 21.1 Å². The van der Waals surface area contributed by atoms with E-state index in [9.17, 15) is 0 Å². The van der Waals surface area contributed by atoms with E-state index in [2.05, 4.69) is 11.8 Å². The molecule has 2 heteroatoms. The monoisotopic (exact) mass is 291 g/mol. The summed E-state index contributed by atoms with van der Waals surface area (Å²) in [4.78, 5) is 0. The minimum absolute atomic E-state index is 0. The number of para-hydroxylation sites is 1. The van der Waals surface area contributed by atoms with Gasteiger partial charge in [0, 0.05) is 21.1 Å². The smallest absolute Gasteiger partial charge is 0.0843 e. The molecule has 48 valence electrons. The molecule has 0 heterocycles. The Morgan fingerprint density at radius 3 is 2.00 bits per heavy atom. The van der Waals surface area contributed by atoms with Crippen LogP contribution in [0.5, 0.6) is 5.75 Å². The average Bonchev–Trinajstić information content (AvgIpc) is 1.90. The molecule has 0 aliphatic heterocycles. The maximum absolute atomic E-state index is 4.66. The van der Waals surface area contributed by atoms with E-state index in [1.807, 2.05) is 30.3 Å². The molecule has 0 aliphatic rings. The molecule has 1 nitrogen and oxygen atoms in total. The van der Waals surface area contributed by atoms with Gasteiger partial charge in [-0.3, -0.25) is 0 Å². The van der Waals surface area contributed by atoms with E-state index in [1.54, 1.807) is 0 Å². The average molecular weight is 291 g/mol. The van der Waals surface area contributed by atoms with Crippen LogP contribution in [0, 0.1) is 7.11 Å². The largest absolute Gasteiger partial charge is 0.665 e. The summed E-state index contributed by atoms with van der Waals surface area (Å²) in [6.45, 7) is 0. The van der Waals surface area contributed by atoms with Crippen LogP contribution in [0.3, 0.4) is 0 Å². The van der Waals surface area contributed by atoms with Crippen molar-refractivity contribution in [3.63, 3.8) is 0 Å². The van der Waals surface area contributed by atoms with Crippen molar-refractivity contribution in [1.82, 2.24) is 0 Å². The molecule has 0 aliphatic carbocycles. The van der Waals surface area contributed by atoms with Gasteiger partial charge in [-0.05, 0) is 12.1 Å². The minimum Gasteiger partial charge on any atom is -0.665 e. The summed E-state index contributed by atoms with van der Waals surface area (Å²) in [6.07, 6.45) is 0. The number of ether oxygens (including phenoxy) is 1. The maximum Gasteiger partial charge on any atom is 0.0843 e. The minimum atomic E-state index is 0. The van der Waals surface area contributed by atoms with Gasteiger partial charge >= 0.3 is 0 Å². The van der Waals surface area contributed by atoms with Crippen LogP contribution in [0.25, 0.3) is 0 Å². The third-order valence-corrected chi connectivity index (χ3v) is 0.910. The first-order chi connectivity index (χ1) is 3.93. The molecule has 0 spiro atoms.